The van der Waals surface area contributed by atoms with Crippen molar-refractivity contribution < 1.29 is 14.3 Å². The Morgan fingerprint density at radius 1 is 1.30 bits per heavy atom. The molecule has 0 atom stereocenters. The van der Waals surface area contributed by atoms with Gasteiger partial charge in [0.05, 0.1) is 6.61 Å². The first-order valence-corrected chi connectivity index (χ1v) is 6.86. The maximum Gasteiger partial charge on any atom is 0.257 e. The van der Waals surface area contributed by atoms with E-state index in [2.05, 4.69) is 10.6 Å². The van der Waals surface area contributed by atoms with Crippen molar-refractivity contribution in [1.82, 2.24) is 10.6 Å². The van der Waals surface area contributed by atoms with Crippen molar-refractivity contribution in [2.24, 2.45) is 0 Å². The Balaban J connectivity index is 2.16. The Hall–Kier alpha value is -1.30. The molecule has 0 unspecified atom stereocenters. The summed E-state index contributed by atoms with van der Waals surface area (Å²) in [6.45, 7) is 4.58. The molecule has 5 nitrogen and oxygen atoms in total. The summed E-state index contributed by atoms with van der Waals surface area (Å²) in [5, 5.41) is 6.56. The van der Waals surface area contributed by atoms with Crippen molar-refractivity contribution >= 4 is 17.5 Å². The molecule has 0 heterocycles. The Morgan fingerprint density at radius 3 is 2.80 bits per heavy atom. The van der Waals surface area contributed by atoms with Gasteiger partial charge in [-0.2, -0.15) is 0 Å². The van der Waals surface area contributed by atoms with E-state index in [-0.39, 0.29) is 12.5 Å². The summed E-state index contributed by atoms with van der Waals surface area (Å²) in [7, 11) is 1.65. The molecular weight excluding hydrogens is 280 g/mol. The Kier molecular flexibility index (Phi) is 8.02. The molecule has 1 aromatic rings. The molecule has 0 aliphatic carbocycles. The first-order valence-electron chi connectivity index (χ1n) is 6.49. The standard InChI is InChI=1S/C14H21ClN2O3/c1-11-9-12(15)3-4-13(11)20-10-14(18)17-6-5-16-7-8-19-2/h3-4,9,16H,5-8,10H2,1-2H3,(H,17,18). The molecule has 1 rings (SSSR count). The lowest BCUT2D eigenvalue weighted by Crippen LogP contribution is -2.35. The van der Waals surface area contributed by atoms with Crippen LogP contribution in [-0.2, 0) is 9.53 Å². The van der Waals surface area contributed by atoms with Crippen LogP contribution in [0.3, 0.4) is 0 Å². The van der Waals surface area contributed by atoms with Gasteiger partial charge in [0.2, 0.25) is 0 Å². The number of aryl methyl sites for hydroxylation is 1. The van der Waals surface area contributed by atoms with Gasteiger partial charge in [-0.05, 0) is 30.7 Å². The highest BCUT2D eigenvalue weighted by Gasteiger charge is 2.04. The van der Waals surface area contributed by atoms with Gasteiger partial charge in [0, 0.05) is 31.8 Å². The average Bonchev–Trinajstić information content (AvgIpc) is 2.41. The molecule has 0 spiro atoms. The van der Waals surface area contributed by atoms with Crippen LogP contribution in [0.4, 0.5) is 0 Å². The van der Waals surface area contributed by atoms with Gasteiger partial charge in [-0.15, -0.1) is 0 Å². The number of ether oxygens (including phenoxy) is 2. The van der Waals surface area contributed by atoms with Crippen LogP contribution in [0.15, 0.2) is 18.2 Å². The number of hydrogen-bond donors (Lipinski definition) is 2. The normalized spacial score (nSPS) is 10.3. The first kappa shape index (κ1) is 16.8. The fourth-order valence-electron chi connectivity index (χ4n) is 1.56. The molecule has 0 saturated carbocycles. The molecule has 20 heavy (non-hydrogen) atoms. The number of benzene rings is 1. The van der Waals surface area contributed by atoms with Crippen molar-refractivity contribution in [3.8, 4) is 5.75 Å². The van der Waals surface area contributed by atoms with Crippen LogP contribution in [0.5, 0.6) is 5.75 Å². The van der Waals surface area contributed by atoms with Crippen LogP contribution in [-0.4, -0.2) is 45.9 Å². The van der Waals surface area contributed by atoms with E-state index in [1.807, 2.05) is 6.92 Å². The lowest BCUT2D eigenvalue weighted by Gasteiger charge is -2.10. The summed E-state index contributed by atoms with van der Waals surface area (Å²) in [6.07, 6.45) is 0. The minimum atomic E-state index is -0.145. The van der Waals surface area contributed by atoms with Crippen LogP contribution in [0.1, 0.15) is 5.56 Å². The maximum atomic E-state index is 11.6. The second-order valence-electron chi connectivity index (χ2n) is 4.29. The Bertz CT molecular complexity index is 427. The smallest absolute Gasteiger partial charge is 0.257 e. The second kappa shape index (κ2) is 9.58. The number of hydrogen-bond acceptors (Lipinski definition) is 4. The molecule has 0 bridgehead atoms. The molecule has 0 aromatic heterocycles. The largest absolute Gasteiger partial charge is 0.484 e. The van der Waals surface area contributed by atoms with Crippen molar-refractivity contribution in [3.63, 3.8) is 0 Å². The van der Waals surface area contributed by atoms with Crippen LogP contribution in [0.2, 0.25) is 5.02 Å². The molecule has 1 aromatic carbocycles. The predicted molar refractivity (Wildman–Crippen MR) is 79.4 cm³/mol. The quantitative estimate of drug-likeness (QED) is 0.677. The minimum absolute atomic E-state index is 0.000539. The van der Waals surface area contributed by atoms with Crippen molar-refractivity contribution in [2.45, 2.75) is 6.92 Å². The highest BCUT2D eigenvalue weighted by atomic mass is 35.5. The zero-order valence-corrected chi connectivity index (χ0v) is 12.6. The van der Waals surface area contributed by atoms with E-state index in [9.17, 15) is 4.79 Å². The third-order valence-corrected chi connectivity index (χ3v) is 2.84. The molecule has 0 fully saturated rings. The summed E-state index contributed by atoms with van der Waals surface area (Å²) in [4.78, 5) is 11.6. The topological polar surface area (TPSA) is 59.6 Å². The highest BCUT2D eigenvalue weighted by Crippen LogP contribution is 2.21. The first-order chi connectivity index (χ1) is 9.63. The minimum Gasteiger partial charge on any atom is -0.484 e. The summed E-state index contributed by atoms with van der Waals surface area (Å²) < 4.78 is 10.3. The Labute approximate surface area is 124 Å². The van der Waals surface area contributed by atoms with Gasteiger partial charge in [-0.3, -0.25) is 4.79 Å². The van der Waals surface area contributed by atoms with Gasteiger partial charge in [0.1, 0.15) is 5.75 Å². The van der Waals surface area contributed by atoms with Crippen LogP contribution in [0.25, 0.3) is 0 Å². The number of amides is 1. The van der Waals surface area contributed by atoms with Crippen molar-refractivity contribution in [1.29, 1.82) is 0 Å². The average molecular weight is 301 g/mol. The van der Waals surface area contributed by atoms with Crippen LogP contribution < -0.4 is 15.4 Å². The zero-order chi connectivity index (χ0) is 14.8. The fourth-order valence-corrected chi connectivity index (χ4v) is 1.79. The van der Waals surface area contributed by atoms with E-state index in [0.29, 0.717) is 30.5 Å². The molecule has 112 valence electrons. The monoisotopic (exact) mass is 300 g/mol. The van der Waals surface area contributed by atoms with E-state index < -0.39 is 0 Å². The number of carbonyl (C=O) groups is 1. The SMILES string of the molecule is COCCNCCNC(=O)COc1ccc(Cl)cc1C. The summed E-state index contributed by atoms with van der Waals surface area (Å²) in [6, 6.07) is 5.30. The van der Waals surface area contributed by atoms with Gasteiger partial charge in [0.25, 0.3) is 5.91 Å². The van der Waals surface area contributed by atoms with Crippen molar-refractivity contribution in [3.05, 3.63) is 28.8 Å². The van der Waals surface area contributed by atoms with E-state index in [1.165, 1.54) is 0 Å². The summed E-state index contributed by atoms with van der Waals surface area (Å²) in [5.74, 6) is 0.524. The fraction of sp³-hybridized carbons (Fsp3) is 0.500. The van der Waals surface area contributed by atoms with Gasteiger partial charge >= 0.3 is 0 Å². The highest BCUT2D eigenvalue weighted by molar-refractivity contribution is 6.30. The van der Waals surface area contributed by atoms with Gasteiger partial charge in [0.15, 0.2) is 6.61 Å². The number of methoxy groups -OCH3 is 1. The third-order valence-electron chi connectivity index (χ3n) is 2.60. The van der Waals surface area contributed by atoms with Gasteiger partial charge in [-0.25, -0.2) is 0 Å². The van der Waals surface area contributed by atoms with Gasteiger partial charge in [-0.1, -0.05) is 11.6 Å². The second-order valence-corrected chi connectivity index (χ2v) is 4.73. The molecule has 0 aliphatic rings. The van der Waals surface area contributed by atoms with E-state index in [4.69, 9.17) is 21.1 Å². The molecule has 0 aliphatic heterocycles. The summed E-state index contributed by atoms with van der Waals surface area (Å²) in [5.41, 5.74) is 0.909. The zero-order valence-electron chi connectivity index (χ0n) is 11.9. The van der Waals surface area contributed by atoms with Crippen LogP contribution in [0, 0.1) is 6.92 Å². The van der Waals surface area contributed by atoms with Crippen LogP contribution >= 0.6 is 11.6 Å². The molecule has 2 N–H and O–H groups in total. The molecule has 6 heteroatoms. The molecular formula is C14H21ClN2O3. The van der Waals surface area contributed by atoms with Crippen molar-refractivity contribution in [2.75, 3.05) is 40.0 Å². The lowest BCUT2D eigenvalue weighted by atomic mass is 10.2. The number of nitrogens with one attached hydrogen (secondary N) is 2. The van der Waals surface area contributed by atoms with Gasteiger partial charge < -0.3 is 20.1 Å². The summed E-state index contributed by atoms with van der Waals surface area (Å²) >= 11 is 5.85. The third kappa shape index (κ3) is 6.75. The molecule has 0 saturated heterocycles. The van der Waals surface area contributed by atoms with E-state index in [0.717, 1.165) is 12.1 Å². The Morgan fingerprint density at radius 2 is 2.10 bits per heavy atom. The molecule has 1 amide bonds. The van der Waals surface area contributed by atoms with E-state index >= 15 is 0 Å². The lowest BCUT2D eigenvalue weighted by molar-refractivity contribution is -0.123. The predicted octanol–water partition coefficient (Wildman–Crippen LogP) is 1.38. The molecule has 0 radical (unpaired) electrons. The van der Waals surface area contributed by atoms with E-state index in [1.54, 1.807) is 25.3 Å². The maximum absolute atomic E-state index is 11.6. The number of carbonyl (C=O) groups excluding carboxylic acids is 1. The number of halogens is 1. The number of rotatable bonds is 9.